The lowest BCUT2D eigenvalue weighted by molar-refractivity contribution is 0.102. The van der Waals surface area contributed by atoms with Crippen molar-refractivity contribution in [3.05, 3.63) is 89.0 Å². The van der Waals surface area contributed by atoms with Gasteiger partial charge in [0.15, 0.2) is 0 Å². The molecule has 4 rings (SSSR count). The minimum atomic E-state index is -3.57. The lowest BCUT2D eigenvalue weighted by atomic mass is 10.0. The number of fused-ring (bicyclic) bond motifs is 1. The van der Waals surface area contributed by atoms with Crippen LogP contribution in [0.25, 0.3) is 0 Å². The monoisotopic (exact) mass is 452 g/mol. The van der Waals surface area contributed by atoms with Crippen molar-refractivity contribution in [1.82, 2.24) is 4.31 Å². The van der Waals surface area contributed by atoms with Gasteiger partial charge in [-0.2, -0.15) is 4.31 Å². The third-order valence-corrected chi connectivity index (χ3v) is 8.11. The van der Waals surface area contributed by atoms with Gasteiger partial charge in [0.05, 0.1) is 10.5 Å². The summed E-state index contributed by atoms with van der Waals surface area (Å²) in [7, 11) is -3.57. The zero-order valence-electron chi connectivity index (χ0n) is 17.5. The van der Waals surface area contributed by atoms with Gasteiger partial charge in [-0.15, -0.1) is 11.8 Å². The Hall–Kier alpha value is -2.61. The Morgan fingerprint density at radius 1 is 1.00 bits per heavy atom. The number of hydrogen-bond donors (Lipinski definition) is 1. The Kier molecular flexibility index (Phi) is 6.18. The van der Waals surface area contributed by atoms with Crippen LogP contribution in [-0.4, -0.2) is 31.4 Å². The molecule has 3 aromatic rings. The van der Waals surface area contributed by atoms with E-state index < -0.39 is 10.0 Å². The molecule has 0 unspecified atom stereocenters. The van der Waals surface area contributed by atoms with Crippen molar-refractivity contribution in [2.24, 2.45) is 0 Å². The SMILES string of the molecule is CSc1ccccc1C(=O)Nc1ccc2c(c1)CN(S(=O)(=O)c1ccc(C)cc1)CC2. The normalized spacial score (nSPS) is 14.1. The minimum absolute atomic E-state index is 0.176. The van der Waals surface area contributed by atoms with Gasteiger partial charge in [0.2, 0.25) is 10.0 Å². The molecule has 31 heavy (non-hydrogen) atoms. The van der Waals surface area contributed by atoms with Crippen LogP contribution in [-0.2, 0) is 23.0 Å². The molecule has 0 saturated carbocycles. The van der Waals surface area contributed by atoms with Crippen LogP contribution in [0, 0.1) is 6.92 Å². The predicted molar refractivity (Wildman–Crippen MR) is 125 cm³/mol. The molecule has 0 fully saturated rings. The average Bonchev–Trinajstić information content (AvgIpc) is 2.78. The third kappa shape index (κ3) is 4.54. The number of aryl methyl sites for hydroxylation is 1. The second-order valence-corrected chi connectivity index (χ2v) is 10.3. The second kappa shape index (κ2) is 8.86. The van der Waals surface area contributed by atoms with Crippen LogP contribution in [0.3, 0.4) is 0 Å². The largest absolute Gasteiger partial charge is 0.322 e. The van der Waals surface area contributed by atoms with Gasteiger partial charge < -0.3 is 5.32 Å². The van der Waals surface area contributed by atoms with E-state index in [0.717, 1.165) is 21.6 Å². The van der Waals surface area contributed by atoms with Crippen LogP contribution < -0.4 is 5.32 Å². The summed E-state index contributed by atoms with van der Waals surface area (Å²) in [6.45, 7) is 2.66. The van der Waals surface area contributed by atoms with Crippen LogP contribution in [0.2, 0.25) is 0 Å². The van der Waals surface area contributed by atoms with Crippen molar-refractivity contribution in [3.8, 4) is 0 Å². The molecule has 0 aromatic heterocycles. The van der Waals surface area contributed by atoms with Crippen LogP contribution in [0.15, 0.2) is 76.5 Å². The molecule has 5 nitrogen and oxygen atoms in total. The Labute approximate surface area is 187 Å². The fourth-order valence-corrected chi connectivity index (χ4v) is 5.72. The number of carbonyl (C=O) groups is 1. The lowest BCUT2D eigenvalue weighted by Crippen LogP contribution is -2.36. The standard InChI is InChI=1S/C24H24N2O3S2/c1-17-7-11-21(12-8-17)31(28,29)26-14-13-18-9-10-20(15-19(18)16-26)25-24(27)22-5-3-4-6-23(22)30-2/h3-12,15H,13-14,16H2,1-2H3,(H,25,27). The number of sulfonamides is 1. The zero-order valence-corrected chi connectivity index (χ0v) is 19.1. The zero-order chi connectivity index (χ0) is 22.0. The van der Waals surface area contributed by atoms with Crippen LogP contribution in [0.5, 0.6) is 0 Å². The quantitative estimate of drug-likeness (QED) is 0.569. The molecule has 0 atom stereocenters. The van der Waals surface area contributed by atoms with Gasteiger partial charge in [0.1, 0.15) is 0 Å². The van der Waals surface area contributed by atoms with Crippen molar-refractivity contribution < 1.29 is 13.2 Å². The van der Waals surface area contributed by atoms with E-state index in [1.54, 1.807) is 18.2 Å². The van der Waals surface area contributed by atoms with Crippen LogP contribution >= 0.6 is 11.8 Å². The number of hydrogen-bond acceptors (Lipinski definition) is 4. The van der Waals surface area contributed by atoms with Crippen LogP contribution in [0.4, 0.5) is 5.69 Å². The summed E-state index contributed by atoms with van der Waals surface area (Å²) in [5.41, 5.74) is 4.33. The fourth-order valence-electron chi connectivity index (χ4n) is 3.70. The number of amides is 1. The number of carbonyl (C=O) groups excluding carboxylic acids is 1. The molecule has 0 saturated heterocycles. The minimum Gasteiger partial charge on any atom is -0.322 e. The number of anilines is 1. The number of nitrogens with zero attached hydrogens (tertiary/aromatic N) is 1. The highest BCUT2D eigenvalue weighted by molar-refractivity contribution is 7.98. The Balaban J connectivity index is 1.55. The maximum Gasteiger partial charge on any atom is 0.256 e. The van der Waals surface area contributed by atoms with Gasteiger partial charge in [-0.25, -0.2) is 8.42 Å². The third-order valence-electron chi connectivity index (χ3n) is 5.45. The summed E-state index contributed by atoms with van der Waals surface area (Å²) in [4.78, 5) is 14.0. The van der Waals surface area contributed by atoms with Crippen molar-refractivity contribution >= 4 is 33.4 Å². The van der Waals surface area contributed by atoms with E-state index in [1.165, 1.54) is 16.1 Å². The smallest absolute Gasteiger partial charge is 0.256 e. The molecule has 7 heteroatoms. The number of nitrogens with one attached hydrogen (secondary N) is 1. The summed E-state index contributed by atoms with van der Waals surface area (Å²) >= 11 is 1.52. The molecule has 1 aliphatic heterocycles. The first kappa shape index (κ1) is 21.6. The van der Waals surface area contributed by atoms with Crippen molar-refractivity contribution in [2.45, 2.75) is 29.7 Å². The molecule has 1 heterocycles. The molecule has 1 aliphatic rings. The maximum absolute atomic E-state index is 13.1. The van der Waals surface area contributed by atoms with Gasteiger partial charge in [-0.3, -0.25) is 4.79 Å². The van der Waals surface area contributed by atoms with E-state index in [-0.39, 0.29) is 12.5 Å². The van der Waals surface area contributed by atoms with Gasteiger partial charge in [-0.05, 0) is 67.1 Å². The van der Waals surface area contributed by atoms with Gasteiger partial charge in [0.25, 0.3) is 5.91 Å². The molecule has 160 valence electrons. The van der Waals surface area contributed by atoms with Crippen LogP contribution in [0.1, 0.15) is 27.0 Å². The Morgan fingerprint density at radius 2 is 1.74 bits per heavy atom. The van der Waals surface area contributed by atoms with Crippen molar-refractivity contribution in [1.29, 1.82) is 0 Å². The highest BCUT2D eigenvalue weighted by Crippen LogP contribution is 2.28. The van der Waals surface area contributed by atoms with E-state index in [1.807, 2.05) is 61.7 Å². The molecule has 1 N–H and O–H groups in total. The first-order chi connectivity index (χ1) is 14.9. The molecular weight excluding hydrogens is 428 g/mol. The number of thioether (sulfide) groups is 1. The van der Waals surface area contributed by atoms with Crippen molar-refractivity contribution in [3.63, 3.8) is 0 Å². The molecule has 0 bridgehead atoms. The Morgan fingerprint density at radius 3 is 2.48 bits per heavy atom. The highest BCUT2D eigenvalue weighted by atomic mass is 32.2. The molecule has 0 radical (unpaired) electrons. The topological polar surface area (TPSA) is 66.5 Å². The molecule has 3 aromatic carbocycles. The second-order valence-electron chi connectivity index (χ2n) is 7.54. The summed E-state index contributed by atoms with van der Waals surface area (Å²) in [6, 6.07) is 20.1. The molecule has 1 amide bonds. The van der Waals surface area contributed by atoms with Gasteiger partial charge >= 0.3 is 0 Å². The van der Waals surface area contributed by atoms with E-state index in [2.05, 4.69) is 5.32 Å². The van der Waals surface area contributed by atoms with Crippen molar-refractivity contribution in [2.75, 3.05) is 18.1 Å². The summed E-state index contributed by atoms with van der Waals surface area (Å²) in [5.74, 6) is -0.176. The first-order valence-corrected chi connectivity index (χ1v) is 12.7. The van der Waals surface area contributed by atoms with E-state index in [4.69, 9.17) is 0 Å². The van der Waals surface area contributed by atoms with Gasteiger partial charge in [0, 0.05) is 23.7 Å². The lowest BCUT2D eigenvalue weighted by Gasteiger charge is -2.28. The molecule has 0 aliphatic carbocycles. The number of benzene rings is 3. The predicted octanol–water partition coefficient (Wildman–Crippen LogP) is 4.72. The van der Waals surface area contributed by atoms with E-state index in [9.17, 15) is 13.2 Å². The summed E-state index contributed by atoms with van der Waals surface area (Å²) in [5, 5.41) is 2.95. The fraction of sp³-hybridized carbons (Fsp3) is 0.208. The summed E-state index contributed by atoms with van der Waals surface area (Å²) in [6.07, 6.45) is 2.58. The molecule has 0 spiro atoms. The Bertz CT molecular complexity index is 1220. The summed E-state index contributed by atoms with van der Waals surface area (Å²) < 4.78 is 27.7. The highest BCUT2D eigenvalue weighted by Gasteiger charge is 2.28. The van der Waals surface area contributed by atoms with E-state index in [0.29, 0.717) is 29.1 Å². The van der Waals surface area contributed by atoms with Gasteiger partial charge in [-0.1, -0.05) is 35.9 Å². The van der Waals surface area contributed by atoms with E-state index >= 15 is 0 Å². The molecular formula is C24H24N2O3S2. The maximum atomic E-state index is 13.1. The number of rotatable bonds is 5. The average molecular weight is 453 g/mol. The first-order valence-electron chi connectivity index (χ1n) is 10.0.